The van der Waals surface area contributed by atoms with Crippen LogP contribution in [0.4, 0.5) is 0 Å². The van der Waals surface area contributed by atoms with Gasteiger partial charge < -0.3 is 10.2 Å². The van der Waals surface area contributed by atoms with Crippen LogP contribution in [0.15, 0.2) is 24.3 Å². The number of carbonyl (C=O) groups is 1. The van der Waals surface area contributed by atoms with Crippen LogP contribution in [0, 0.1) is 0 Å². The van der Waals surface area contributed by atoms with Gasteiger partial charge in [-0.05, 0) is 31.4 Å². The summed E-state index contributed by atoms with van der Waals surface area (Å²) in [5, 5.41) is 3.40. The van der Waals surface area contributed by atoms with Crippen LogP contribution in [0.5, 0.6) is 0 Å². The molecule has 0 bridgehead atoms. The third-order valence-corrected chi connectivity index (χ3v) is 5.41. The van der Waals surface area contributed by atoms with Gasteiger partial charge in [-0.3, -0.25) is 4.79 Å². The second kappa shape index (κ2) is 5.41. The van der Waals surface area contributed by atoms with Gasteiger partial charge in [0.15, 0.2) is 0 Å². The van der Waals surface area contributed by atoms with Gasteiger partial charge >= 0.3 is 0 Å². The smallest absolute Gasteiger partial charge is 0.240 e. The van der Waals surface area contributed by atoms with E-state index in [4.69, 9.17) is 0 Å². The SMILES string of the molecule is CC1(C)CN(C(=O)[C@H]2Cc3ccccc3CN2)CCS1. The van der Waals surface area contributed by atoms with E-state index in [0.29, 0.717) is 0 Å². The predicted molar refractivity (Wildman–Crippen MR) is 83.9 cm³/mol. The molecule has 0 aromatic heterocycles. The number of nitrogens with one attached hydrogen (secondary N) is 1. The van der Waals surface area contributed by atoms with Crippen molar-refractivity contribution in [2.75, 3.05) is 18.8 Å². The van der Waals surface area contributed by atoms with E-state index in [1.807, 2.05) is 16.7 Å². The van der Waals surface area contributed by atoms with Gasteiger partial charge in [-0.2, -0.15) is 11.8 Å². The number of rotatable bonds is 1. The zero-order valence-electron chi connectivity index (χ0n) is 12.2. The van der Waals surface area contributed by atoms with Gasteiger partial charge in [-0.25, -0.2) is 0 Å². The standard InChI is InChI=1S/C16H22N2OS/c1-16(2)11-18(7-8-20-16)15(19)14-9-12-5-3-4-6-13(12)10-17-14/h3-6,14,17H,7-11H2,1-2H3/t14-/m1/s1. The van der Waals surface area contributed by atoms with Crippen LogP contribution in [0.25, 0.3) is 0 Å². The van der Waals surface area contributed by atoms with Gasteiger partial charge in [0.2, 0.25) is 5.91 Å². The van der Waals surface area contributed by atoms with Crippen molar-refractivity contribution >= 4 is 17.7 Å². The Hall–Kier alpha value is -1.00. The lowest BCUT2D eigenvalue weighted by molar-refractivity contribution is -0.133. The number of benzene rings is 1. The molecule has 1 N–H and O–H groups in total. The van der Waals surface area contributed by atoms with E-state index in [-0.39, 0.29) is 16.7 Å². The normalized spacial score (nSPS) is 25.1. The van der Waals surface area contributed by atoms with E-state index >= 15 is 0 Å². The maximum absolute atomic E-state index is 12.7. The number of nitrogens with zero attached hydrogens (tertiary/aromatic N) is 1. The summed E-state index contributed by atoms with van der Waals surface area (Å²) >= 11 is 1.96. The van der Waals surface area contributed by atoms with Gasteiger partial charge in [-0.1, -0.05) is 24.3 Å². The van der Waals surface area contributed by atoms with Gasteiger partial charge in [0.05, 0.1) is 6.04 Å². The minimum Gasteiger partial charge on any atom is -0.339 e. The van der Waals surface area contributed by atoms with Gasteiger partial charge in [-0.15, -0.1) is 0 Å². The average molecular weight is 290 g/mol. The molecule has 3 nitrogen and oxygen atoms in total. The molecule has 0 saturated carbocycles. The highest BCUT2D eigenvalue weighted by Gasteiger charge is 2.34. The molecule has 0 unspecified atom stereocenters. The van der Waals surface area contributed by atoms with Crippen molar-refractivity contribution in [3.8, 4) is 0 Å². The van der Waals surface area contributed by atoms with E-state index in [0.717, 1.165) is 31.8 Å². The summed E-state index contributed by atoms with van der Waals surface area (Å²) in [6.07, 6.45) is 0.819. The molecular weight excluding hydrogens is 268 g/mol. The van der Waals surface area contributed by atoms with Crippen LogP contribution in [0.2, 0.25) is 0 Å². The molecule has 0 spiro atoms. The van der Waals surface area contributed by atoms with Crippen LogP contribution in [-0.2, 0) is 17.8 Å². The maximum atomic E-state index is 12.7. The highest BCUT2D eigenvalue weighted by Crippen LogP contribution is 2.30. The Morgan fingerprint density at radius 3 is 2.85 bits per heavy atom. The summed E-state index contributed by atoms with van der Waals surface area (Å²) in [6.45, 7) is 6.99. The third-order valence-electron chi connectivity index (χ3n) is 4.12. The van der Waals surface area contributed by atoms with Crippen LogP contribution >= 0.6 is 11.8 Å². The first-order valence-electron chi connectivity index (χ1n) is 7.28. The lowest BCUT2D eigenvalue weighted by atomic mass is 9.95. The van der Waals surface area contributed by atoms with E-state index in [1.165, 1.54) is 11.1 Å². The lowest BCUT2D eigenvalue weighted by Crippen LogP contribution is -2.54. The second-order valence-electron chi connectivity index (χ2n) is 6.27. The topological polar surface area (TPSA) is 32.3 Å². The van der Waals surface area contributed by atoms with Crippen LogP contribution in [0.1, 0.15) is 25.0 Å². The third kappa shape index (κ3) is 2.86. The summed E-state index contributed by atoms with van der Waals surface area (Å²) in [7, 11) is 0. The van der Waals surface area contributed by atoms with Gasteiger partial charge in [0.25, 0.3) is 0 Å². The maximum Gasteiger partial charge on any atom is 0.240 e. The van der Waals surface area contributed by atoms with Crippen LogP contribution < -0.4 is 5.32 Å². The Balaban J connectivity index is 1.70. The number of thioether (sulfide) groups is 1. The molecule has 1 saturated heterocycles. The molecule has 2 heterocycles. The number of amides is 1. The molecule has 2 aliphatic heterocycles. The Bertz CT molecular complexity index is 515. The zero-order chi connectivity index (χ0) is 14.2. The van der Waals surface area contributed by atoms with Crippen molar-refractivity contribution in [1.29, 1.82) is 0 Å². The second-order valence-corrected chi connectivity index (χ2v) is 8.08. The molecule has 2 aliphatic rings. The van der Waals surface area contributed by atoms with E-state index in [2.05, 4.69) is 43.4 Å². The summed E-state index contributed by atoms with van der Waals surface area (Å²) in [5.74, 6) is 1.31. The number of hydrogen-bond acceptors (Lipinski definition) is 3. The minimum atomic E-state index is -0.0520. The minimum absolute atomic E-state index is 0.0520. The summed E-state index contributed by atoms with van der Waals surface area (Å²) < 4.78 is 0.181. The van der Waals surface area contributed by atoms with Crippen molar-refractivity contribution in [3.05, 3.63) is 35.4 Å². The van der Waals surface area contributed by atoms with Crippen LogP contribution in [-0.4, -0.2) is 40.4 Å². The fraction of sp³-hybridized carbons (Fsp3) is 0.562. The molecule has 1 aromatic rings. The van der Waals surface area contributed by atoms with Crippen molar-refractivity contribution in [3.63, 3.8) is 0 Å². The van der Waals surface area contributed by atoms with E-state index < -0.39 is 0 Å². The van der Waals surface area contributed by atoms with Crippen molar-refractivity contribution in [2.24, 2.45) is 0 Å². The molecule has 3 rings (SSSR count). The molecule has 0 radical (unpaired) electrons. The quantitative estimate of drug-likeness (QED) is 0.859. The first-order valence-corrected chi connectivity index (χ1v) is 8.27. The summed E-state index contributed by atoms with van der Waals surface area (Å²) in [6, 6.07) is 8.36. The highest BCUT2D eigenvalue weighted by atomic mass is 32.2. The molecule has 20 heavy (non-hydrogen) atoms. The Morgan fingerprint density at radius 2 is 2.10 bits per heavy atom. The van der Waals surface area contributed by atoms with E-state index in [9.17, 15) is 4.79 Å². The van der Waals surface area contributed by atoms with Gasteiger partial charge in [0.1, 0.15) is 0 Å². The monoisotopic (exact) mass is 290 g/mol. The van der Waals surface area contributed by atoms with Crippen LogP contribution in [0.3, 0.4) is 0 Å². The molecule has 1 atom stereocenters. The number of carbonyl (C=O) groups excluding carboxylic acids is 1. The molecule has 4 heteroatoms. The summed E-state index contributed by atoms with van der Waals surface area (Å²) in [5.41, 5.74) is 2.64. The fourth-order valence-electron chi connectivity index (χ4n) is 3.05. The number of hydrogen-bond donors (Lipinski definition) is 1. The predicted octanol–water partition coefficient (Wildman–Crippen LogP) is 2.05. The molecule has 1 fully saturated rings. The molecule has 1 aromatic carbocycles. The van der Waals surface area contributed by atoms with E-state index in [1.54, 1.807) is 0 Å². The van der Waals surface area contributed by atoms with Crippen molar-refractivity contribution in [2.45, 2.75) is 37.6 Å². The molecule has 0 aliphatic carbocycles. The first-order chi connectivity index (χ1) is 9.55. The highest BCUT2D eigenvalue weighted by molar-refractivity contribution is 8.00. The fourth-order valence-corrected chi connectivity index (χ4v) is 4.17. The Morgan fingerprint density at radius 1 is 1.35 bits per heavy atom. The Labute approximate surface area is 125 Å². The average Bonchev–Trinajstić information content (AvgIpc) is 2.45. The zero-order valence-corrected chi connectivity index (χ0v) is 13.0. The molecule has 108 valence electrons. The Kier molecular flexibility index (Phi) is 3.78. The number of fused-ring (bicyclic) bond motifs is 1. The lowest BCUT2D eigenvalue weighted by Gasteiger charge is -2.40. The van der Waals surface area contributed by atoms with Crippen molar-refractivity contribution < 1.29 is 4.79 Å². The molecule has 1 amide bonds. The summed E-state index contributed by atoms with van der Waals surface area (Å²) in [4.78, 5) is 14.7. The van der Waals surface area contributed by atoms with Crippen molar-refractivity contribution in [1.82, 2.24) is 10.2 Å². The largest absolute Gasteiger partial charge is 0.339 e. The first kappa shape index (κ1) is 14.0. The van der Waals surface area contributed by atoms with Gasteiger partial charge in [0, 0.05) is 30.1 Å². The molecular formula is C16H22N2OS.